The highest BCUT2D eigenvalue weighted by Crippen LogP contribution is 2.40. The monoisotopic (exact) mass is 389 g/mol. The van der Waals surface area contributed by atoms with Gasteiger partial charge in [-0.3, -0.25) is 9.78 Å². The van der Waals surface area contributed by atoms with Crippen molar-refractivity contribution in [2.45, 2.75) is 31.6 Å². The summed E-state index contributed by atoms with van der Waals surface area (Å²) >= 11 is 0. The Morgan fingerprint density at radius 1 is 1.21 bits per heavy atom. The third-order valence-corrected chi connectivity index (χ3v) is 5.62. The molecule has 1 aliphatic heterocycles. The summed E-state index contributed by atoms with van der Waals surface area (Å²) in [5.41, 5.74) is 3.04. The van der Waals surface area contributed by atoms with Crippen LogP contribution in [0.3, 0.4) is 0 Å². The third-order valence-electron chi connectivity index (χ3n) is 5.62. The van der Waals surface area contributed by atoms with Crippen molar-refractivity contribution in [2.24, 2.45) is 0 Å². The summed E-state index contributed by atoms with van der Waals surface area (Å²) in [6, 6.07) is 7.59. The molecule has 1 aromatic carbocycles. The summed E-state index contributed by atoms with van der Waals surface area (Å²) in [5.74, 6) is 1.76. The number of carbonyl (C=O) groups excluding carboxylic acids is 1. The van der Waals surface area contributed by atoms with E-state index in [0.29, 0.717) is 22.9 Å². The molecule has 0 radical (unpaired) electrons. The van der Waals surface area contributed by atoms with Gasteiger partial charge in [0, 0.05) is 30.1 Å². The van der Waals surface area contributed by atoms with Crippen LogP contribution in [-0.2, 0) is 0 Å². The second-order valence-electron chi connectivity index (χ2n) is 7.66. The molecule has 0 spiro atoms. The lowest BCUT2D eigenvalue weighted by Crippen LogP contribution is -2.22. The quantitative estimate of drug-likeness (QED) is 0.716. The molecule has 2 fully saturated rings. The summed E-state index contributed by atoms with van der Waals surface area (Å²) in [7, 11) is 1.62. The number of rotatable bonds is 5. The molecule has 0 bridgehead atoms. The molecule has 3 heterocycles. The van der Waals surface area contributed by atoms with Gasteiger partial charge in [-0.2, -0.15) is 0 Å². The van der Waals surface area contributed by atoms with E-state index in [1.165, 1.54) is 6.33 Å². The van der Waals surface area contributed by atoms with Crippen LogP contribution in [0.4, 0.5) is 11.5 Å². The van der Waals surface area contributed by atoms with Crippen molar-refractivity contribution in [3.63, 3.8) is 0 Å². The Labute approximate surface area is 169 Å². The minimum Gasteiger partial charge on any atom is -0.497 e. The lowest BCUT2D eigenvalue weighted by Gasteiger charge is -2.19. The predicted molar refractivity (Wildman–Crippen MR) is 112 cm³/mol. The molecule has 5 rings (SSSR count). The van der Waals surface area contributed by atoms with E-state index >= 15 is 0 Å². The molecule has 148 valence electrons. The van der Waals surface area contributed by atoms with Crippen molar-refractivity contribution in [3.05, 3.63) is 48.0 Å². The second kappa shape index (κ2) is 7.31. The summed E-state index contributed by atoms with van der Waals surface area (Å²) in [5, 5.41) is 3.83. The number of aromatic nitrogens is 3. The maximum absolute atomic E-state index is 13.3. The van der Waals surface area contributed by atoms with Gasteiger partial charge in [-0.1, -0.05) is 0 Å². The number of anilines is 2. The van der Waals surface area contributed by atoms with E-state index in [1.54, 1.807) is 13.3 Å². The maximum atomic E-state index is 13.3. The third kappa shape index (κ3) is 3.48. The first-order valence-electron chi connectivity index (χ1n) is 10.1. The van der Waals surface area contributed by atoms with Gasteiger partial charge in [0.1, 0.15) is 17.8 Å². The zero-order valence-corrected chi connectivity index (χ0v) is 16.4. The number of carbonyl (C=O) groups is 1. The van der Waals surface area contributed by atoms with Crippen molar-refractivity contribution >= 4 is 28.3 Å². The molecule has 1 saturated carbocycles. The van der Waals surface area contributed by atoms with Crippen molar-refractivity contribution in [2.75, 3.05) is 30.4 Å². The smallest absolute Gasteiger partial charge is 0.256 e. The van der Waals surface area contributed by atoms with E-state index in [9.17, 15) is 4.79 Å². The van der Waals surface area contributed by atoms with Crippen molar-refractivity contribution in [3.8, 4) is 5.75 Å². The fourth-order valence-corrected chi connectivity index (χ4v) is 3.91. The highest BCUT2D eigenvalue weighted by molar-refractivity contribution is 6.13. The second-order valence-corrected chi connectivity index (χ2v) is 7.66. The van der Waals surface area contributed by atoms with Gasteiger partial charge in [0.05, 0.1) is 24.4 Å². The number of nitrogens with zero attached hydrogens (tertiary/aromatic N) is 4. The van der Waals surface area contributed by atoms with Gasteiger partial charge in [0.2, 0.25) is 0 Å². The zero-order valence-electron chi connectivity index (χ0n) is 16.4. The molecule has 7 heteroatoms. The predicted octanol–water partition coefficient (Wildman–Crippen LogP) is 3.76. The number of nitrogens with one attached hydrogen (secondary N) is 1. The number of fused-ring (bicyclic) bond motifs is 1. The lowest BCUT2D eigenvalue weighted by molar-refractivity contribution is 0.102. The maximum Gasteiger partial charge on any atom is 0.256 e. The van der Waals surface area contributed by atoms with E-state index in [2.05, 4.69) is 20.2 Å². The molecule has 2 aromatic heterocycles. The Bertz CT molecular complexity index is 1070. The minimum absolute atomic E-state index is 0.178. The first-order valence-corrected chi connectivity index (χ1v) is 10.1. The summed E-state index contributed by atoms with van der Waals surface area (Å²) in [6.07, 6.45) is 7.72. The van der Waals surface area contributed by atoms with Gasteiger partial charge in [0.25, 0.3) is 5.91 Å². The van der Waals surface area contributed by atoms with Crippen LogP contribution in [0.25, 0.3) is 10.9 Å². The zero-order chi connectivity index (χ0) is 19.8. The van der Waals surface area contributed by atoms with Crippen molar-refractivity contribution < 1.29 is 9.53 Å². The van der Waals surface area contributed by atoms with Crippen LogP contribution in [0.5, 0.6) is 5.75 Å². The van der Waals surface area contributed by atoms with Crippen LogP contribution in [0.2, 0.25) is 0 Å². The molecule has 7 nitrogen and oxygen atoms in total. The van der Waals surface area contributed by atoms with Gasteiger partial charge in [-0.05, 0) is 49.9 Å². The number of hydrogen-bond donors (Lipinski definition) is 1. The lowest BCUT2D eigenvalue weighted by atomic mass is 10.0. The number of ether oxygens (including phenoxy) is 1. The molecular formula is C22H23N5O2. The fourth-order valence-electron chi connectivity index (χ4n) is 3.91. The number of amides is 1. The SMILES string of the molecule is COc1ccc2nc(C3CC3)cc(C(=O)Nc3cncnc3N3CCCC3)c2c1. The van der Waals surface area contributed by atoms with Gasteiger partial charge in [-0.15, -0.1) is 0 Å². The number of pyridine rings is 1. The van der Waals surface area contributed by atoms with E-state index in [-0.39, 0.29) is 5.91 Å². The normalized spacial score (nSPS) is 16.2. The molecule has 0 unspecified atom stereocenters. The Hall–Kier alpha value is -3.22. The Morgan fingerprint density at radius 2 is 2.03 bits per heavy atom. The van der Waals surface area contributed by atoms with Crippen LogP contribution in [-0.4, -0.2) is 41.1 Å². The number of hydrogen-bond acceptors (Lipinski definition) is 6. The van der Waals surface area contributed by atoms with Crippen LogP contribution in [0, 0.1) is 0 Å². The molecule has 2 aliphatic rings. The number of methoxy groups -OCH3 is 1. The van der Waals surface area contributed by atoms with E-state index in [0.717, 1.165) is 61.2 Å². The highest BCUT2D eigenvalue weighted by atomic mass is 16.5. The summed E-state index contributed by atoms with van der Waals surface area (Å²) in [4.78, 5) is 28.9. The Balaban J connectivity index is 1.54. The minimum atomic E-state index is -0.178. The van der Waals surface area contributed by atoms with Gasteiger partial charge in [0.15, 0.2) is 5.82 Å². The van der Waals surface area contributed by atoms with Gasteiger partial charge < -0.3 is 15.0 Å². The number of benzene rings is 1. The standard InChI is InChI=1S/C22H23N5O2/c1-29-15-6-7-18-16(10-15)17(11-19(25-18)14-4-5-14)22(28)26-20-12-23-13-24-21(20)27-8-2-3-9-27/h6-7,10-14H,2-5,8-9H2,1H3,(H,26,28). The molecular weight excluding hydrogens is 366 g/mol. The molecule has 3 aromatic rings. The summed E-state index contributed by atoms with van der Waals surface area (Å²) < 4.78 is 5.37. The molecule has 0 atom stereocenters. The average molecular weight is 389 g/mol. The Morgan fingerprint density at radius 3 is 2.79 bits per heavy atom. The summed E-state index contributed by atoms with van der Waals surface area (Å²) in [6.45, 7) is 1.89. The molecule has 1 saturated heterocycles. The van der Waals surface area contributed by atoms with Crippen LogP contribution < -0.4 is 15.0 Å². The average Bonchev–Trinajstić information content (AvgIpc) is 3.47. The first kappa shape index (κ1) is 17.8. The van der Waals surface area contributed by atoms with E-state index < -0.39 is 0 Å². The van der Waals surface area contributed by atoms with Gasteiger partial charge in [-0.25, -0.2) is 9.97 Å². The fraction of sp³-hybridized carbons (Fsp3) is 0.364. The molecule has 1 N–H and O–H groups in total. The Kier molecular flexibility index (Phi) is 4.50. The van der Waals surface area contributed by atoms with Gasteiger partial charge >= 0.3 is 0 Å². The molecule has 1 aliphatic carbocycles. The van der Waals surface area contributed by atoms with Crippen LogP contribution >= 0.6 is 0 Å². The topological polar surface area (TPSA) is 80.2 Å². The largest absolute Gasteiger partial charge is 0.497 e. The van der Waals surface area contributed by atoms with Crippen LogP contribution in [0.15, 0.2) is 36.8 Å². The molecule has 29 heavy (non-hydrogen) atoms. The van der Waals surface area contributed by atoms with Crippen molar-refractivity contribution in [1.82, 2.24) is 15.0 Å². The first-order chi connectivity index (χ1) is 14.2. The van der Waals surface area contributed by atoms with Crippen molar-refractivity contribution in [1.29, 1.82) is 0 Å². The molecule has 1 amide bonds. The van der Waals surface area contributed by atoms with E-state index in [1.807, 2.05) is 24.3 Å². The highest BCUT2D eigenvalue weighted by Gasteiger charge is 2.27. The van der Waals surface area contributed by atoms with Crippen LogP contribution in [0.1, 0.15) is 47.7 Å². The van der Waals surface area contributed by atoms with E-state index in [4.69, 9.17) is 9.72 Å².